The number of aromatic nitrogens is 2. The quantitative estimate of drug-likeness (QED) is 0.861. The van der Waals surface area contributed by atoms with Crippen molar-refractivity contribution in [2.75, 3.05) is 26.2 Å². The highest BCUT2D eigenvalue weighted by molar-refractivity contribution is 5.77. The largest absolute Gasteiger partial charge is 0.338 e. The van der Waals surface area contributed by atoms with Crippen LogP contribution in [0, 0.1) is 0 Å². The number of aryl methyl sites for hydroxylation is 2. The Kier molecular flexibility index (Phi) is 6.48. The molecule has 2 saturated heterocycles. The molecule has 3 aliphatic rings. The third-order valence-corrected chi connectivity index (χ3v) is 6.83. The van der Waals surface area contributed by atoms with Crippen LogP contribution in [0.15, 0.2) is 0 Å². The number of nitrogens with zero attached hydrogens (tertiary/aromatic N) is 3. The van der Waals surface area contributed by atoms with Crippen molar-refractivity contribution in [2.45, 2.75) is 89.5 Å². The van der Waals surface area contributed by atoms with Crippen LogP contribution in [0.25, 0.3) is 0 Å². The van der Waals surface area contributed by atoms with Crippen molar-refractivity contribution in [1.29, 1.82) is 0 Å². The lowest BCUT2D eigenvalue weighted by atomic mass is 9.94. The Labute approximate surface area is 163 Å². The topological polar surface area (TPSA) is 52.2 Å². The van der Waals surface area contributed by atoms with Gasteiger partial charge in [0.25, 0.3) is 0 Å². The van der Waals surface area contributed by atoms with E-state index in [0.29, 0.717) is 18.4 Å². The van der Waals surface area contributed by atoms with Crippen LogP contribution in [-0.2, 0) is 24.1 Å². The minimum atomic E-state index is 0.349. The van der Waals surface area contributed by atoms with Crippen LogP contribution in [0.1, 0.15) is 81.2 Å². The van der Waals surface area contributed by atoms with E-state index in [1.54, 1.807) is 0 Å². The van der Waals surface area contributed by atoms with E-state index in [9.17, 15) is 4.79 Å². The molecule has 1 aromatic rings. The molecule has 0 spiro atoms. The molecule has 3 heterocycles. The highest BCUT2D eigenvalue weighted by atomic mass is 16.2. The fraction of sp³-hybridized carbons (Fsp3) is 0.818. The number of hydrogen-bond acceptors (Lipinski definition) is 3. The molecule has 2 aliphatic heterocycles. The van der Waals surface area contributed by atoms with Crippen molar-refractivity contribution in [2.24, 2.45) is 0 Å². The first kappa shape index (κ1) is 19.0. The summed E-state index contributed by atoms with van der Waals surface area (Å²) in [6.07, 6.45) is 15.2. The second-order valence-corrected chi connectivity index (χ2v) is 8.79. The normalized spacial score (nSPS) is 24.4. The molecule has 1 atom stereocenters. The van der Waals surface area contributed by atoms with Gasteiger partial charge in [0.2, 0.25) is 5.91 Å². The van der Waals surface area contributed by atoms with Crippen LogP contribution in [0.2, 0.25) is 0 Å². The Bertz CT molecular complexity index is 618. The van der Waals surface area contributed by atoms with E-state index >= 15 is 0 Å². The Balaban J connectivity index is 1.33. The molecule has 1 amide bonds. The molecule has 2 fully saturated rings. The van der Waals surface area contributed by atoms with Gasteiger partial charge in [-0.3, -0.25) is 9.89 Å². The van der Waals surface area contributed by atoms with Crippen molar-refractivity contribution < 1.29 is 4.79 Å². The van der Waals surface area contributed by atoms with E-state index in [1.807, 2.05) is 0 Å². The second kappa shape index (κ2) is 9.22. The lowest BCUT2D eigenvalue weighted by Gasteiger charge is -2.38. The maximum Gasteiger partial charge on any atom is 0.223 e. The standard InChI is InChI=1S/C22H36N4O/c27-22(13-12-21-19-10-3-4-11-20(19)23-24-21)26-16-8-5-9-18(26)17-25-14-6-1-2-7-15-25/h18H,1-17H2,(H,23,24). The number of hydrogen-bond donors (Lipinski definition) is 1. The number of piperidine rings is 1. The summed E-state index contributed by atoms with van der Waals surface area (Å²) >= 11 is 0. The average Bonchev–Trinajstić information content (AvgIpc) is 2.94. The maximum absolute atomic E-state index is 13.1. The van der Waals surface area contributed by atoms with E-state index < -0.39 is 0 Å². The molecular weight excluding hydrogens is 336 g/mol. The van der Waals surface area contributed by atoms with Gasteiger partial charge in [0, 0.05) is 37.7 Å². The van der Waals surface area contributed by atoms with Crippen molar-refractivity contribution in [3.05, 3.63) is 17.0 Å². The molecule has 27 heavy (non-hydrogen) atoms. The Morgan fingerprint density at radius 1 is 0.963 bits per heavy atom. The number of rotatable bonds is 5. The minimum Gasteiger partial charge on any atom is -0.338 e. The van der Waals surface area contributed by atoms with Gasteiger partial charge in [-0.15, -0.1) is 0 Å². The minimum absolute atomic E-state index is 0.349. The monoisotopic (exact) mass is 372 g/mol. The summed E-state index contributed by atoms with van der Waals surface area (Å²) in [6.45, 7) is 4.48. The van der Waals surface area contributed by atoms with Crippen LogP contribution in [-0.4, -0.2) is 58.1 Å². The summed E-state index contributed by atoms with van der Waals surface area (Å²) in [5, 5.41) is 7.75. The number of amides is 1. The predicted molar refractivity (Wildman–Crippen MR) is 108 cm³/mol. The molecule has 4 rings (SSSR count). The zero-order chi connectivity index (χ0) is 18.5. The smallest absolute Gasteiger partial charge is 0.223 e. The molecule has 0 aromatic carbocycles. The van der Waals surface area contributed by atoms with Gasteiger partial charge in [-0.05, 0) is 76.4 Å². The molecule has 1 aliphatic carbocycles. The average molecular weight is 373 g/mol. The second-order valence-electron chi connectivity index (χ2n) is 8.79. The first-order valence-electron chi connectivity index (χ1n) is 11.4. The lowest BCUT2D eigenvalue weighted by Crippen LogP contribution is -2.49. The van der Waals surface area contributed by atoms with Crippen molar-refractivity contribution >= 4 is 5.91 Å². The molecule has 1 N–H and O–H groups in total. The van der Waals surface area contributed by atoms with Crippen LogP contribution in [0.4, 0.5) is 0 Å². The fourth-order valence-electron chi connectivity index (χ4n) is 5.26. The van der Waals surface area contributed by atoms with E-state index in [-0.39, 0.29) is 0 Å². The number of fused-ring (bicyclic) bond motifs is 1. The molecule has 0 saturated carbocycles. The van der Waals surface area contributed by atoms with Gasteiger partial charge >= 0.3 is 0 Å². The van der Waals surface area contributed by atoms with E-state index in [0.717, 1.165) is 38.0 Å². The Morgan fingerprint density at radius 3 is 2.59 bits per heavy atom. The first-order chi connectivity index (χ1) is 13.3. The molecule has 0 radical (unpaired) electrons. The van der Waals surface area contributed by atoms with Crippen LogP contribution < -0.4 is 0 Å². The van der Waals surface area contributed by atoms with Gasteiger partial charge < -0.3 is 9.80 Å². The summed E-state index contributed by atoms with van der Waals surface area (Å²) in [4.78, 5) is 17.9. The molecule has 0 bridgehead atoms. The van der Waals surface area contributed by atoms with Crippen molar-refractivity contribution in [1.82, 2.24) is 20.0 Å². The highest BCUT2D eigenvalue weighted by Gasteiger charge is 2.28. The molecule has 1 unspecified atom stereocenters. The SMILES string of the molecule is O=C(CCc1n[nH]c2c1CCCC2)N1CCCCC1CN1CCCCCC1. The third kappa shape index (κ3) is 4.74. The summed E-state index contributed by atoms with van der Waals surface area (Å²) in [7, 11) is 0. The number of aromatic amines is 1. The lowest BCUT2D eigenvalue weighted by molar-refractivity contribution is -0.135. The maximum atomic E-state index is 13.1. The molecule has 5 nitrogen and oxygen atoms in total. The van der Waals surface area contributed by atoms with E-state index in [2.05, 4.69) is 20.0 Å². The summed E-state index contributed by atoms with van der Waals surface area (Å²) < 4.78 is 0. The third-order valence-electron chi connectivity index (χ3n) is 6.83. The van der Waals surface area contributed by atoms with Crippen molar-refractivity contribution in [3.63, 3.8) is 0 Å². The predicted octanol–water partition coefficient (Wildman–Crippen LogP) is 3.48. The Morgan fingerprint density at radius 2 is 1.74 bits per heavy atom. The fourth-order valence-corrected chi connectivity index (χ4v) is 5.26. The number of likely N-dealkylation sites (tertiary alicyclic amines) is 2. The molecule has 5 heteroatoms. The van der Waals surface area contributed by atoms with Gasteiger partial charge in [0.05, 0.1) is 5.69 Å². The van der Waals surface area contributed by atoms with Crippen LogP contribution in [0.5, 0.6) is 0 Å². The summed E-state index contributed by atoms with van der Waals surface area (Å²) in [5.41, 5.74) is 3.88. The van der Waals surface area contributed by atoms with Gasteiger partial charge in [-0.2, -0.15) is 5.10 Å². The zero-order valence-corrected chi connectivity index (χ0v) is 16.8. The van der Waals surface area contributed by atoms with Crippen LogP contribution in [0.3, 0.4) is 0 Å². The Hall–Kier alpha value is -1.36. The van der Waals surface area contributed by atoms with Crippen LogP contribution >= 0.6 is 0 Å². The van der Waals surface area contributed by atoms with Crippen molar-refractivity contribution in [3.8, 4) is 0 Å². The number of carbonyl (C=O) groups is 1. The van der Waals surface area contributed by atoms with Gasteiger partial charge in [0.1, 0.15) is 0 Å². The van der Waals surface area contributed by atoms with Gasteiger partial charge in [-0.25, -0.2) is 0 Å². The number of H-pyrrole nitrogens is 1. The van der Waals surface area contributed by atoms with Gasteiger partial charge in [-0.1, -0.05) is 12.8 Å². The molecular formula is C22H36N4O. The molecule has 1 aromatic heterocycles. The molecule has 150 valence electrons. The van der Waals surface area contributed by atoms with E-state index in [1.165, 1.54) is 82.1 Å². The number of carbonyl (C=O) groups excluding carboxylic acids is 1. The number of nitrogens with one attached hydrogen (secondary N) is 1. The summed E-state index contributed by atoms with van der Waals surface area (Å²) in [5.74, 6) is 0.349. The van der Waals surface area contributed by atoms with Gasteiger partial charge in [0.15, 0.2) is 0 Å². The van der Waals surface area contributed by atoms with E-state index in [4.69, 9.17) is 0 Å². The first-order valence-corrected chi connectivity index (χ1v) is 11.4. The summed E-state index contributed by atoms with van der Waals surface area (Å²) in [6, 6.07) is 0.428. The highest BCUT2D eigenvalue weighted by Crippen LogP contribution is 2.24. The zero-order valence-electron chi connectivity index (χ0n) is 16.8.